The fourth-order valence-electron chi connectivity index (χ4n) is 1.92. The Morgan fingerprint density at radius 3 is 2.89 bits per heavy atom. The molecule has 0 aliphatic rings. The van der Waals surface area contributed by atoms with Crippen LogP contribution in [0.4, 0.5) is 0 Å². The minimum Gasteiger partial charge on any atom is -0.338 e. The zero-order valence-corrected chi connectivity index (χ0v) is 12.7. The number of nitrogens with one attached hydrogen (secondary N) is 1. The first-order valence-electron chi connectivity index (χ1n) is 5.70. The molecular formula is C13H15BrClN3. The number of imidazole rings is 1. The van der Waals surface area contributed by atoms with Gasteiger partial charge in [0, 0.05) is 41.4 Å². The number of likely N-dealkylation sites (N-methyl/N-ethyl adjacent to an activating group) is 1. The van der Waals surface area contributed by atoms with E-state index >= 15 is 0 Å². The molecule has 0 fully saturated rings. The van der Waals surface area contributed by atoms with Gasteiger partial charge < -0.3 is 9.88 Å². The van der Waals surface area contributed by atoms with Gasteiger partial charge in [-0.05, 0) is 30.8 Å². The van der Waals surface area contributed by atoms with Gasteiger partial charge in [-0.3, -0.25) is 0 Å². The van der Waals surface area contributed by atoms with Gasteiger partial charge >= 0.3 is 0 Å². The molecule has 1 atom stereocenters. The molecule has 0 aliphatic heterocycles. The Balaban J connectivity index is 2.28. The third-order valence-corrected chi connectivity index (χ3v) is 3.83. The number of benzene rings is 1. The molecule has 2 aromatic rings. The van der Waals surface area contributed by atoms with Crippen molar-refractivity contribution in [1.29, 1.82) is 0 Å². The summed E-state index contributed by atoms with van der Waals surface area (Å²) < 4.78 is 3.05. The average Bonchev–Trinajstić information content (AvgIpc) is 2.75. The van der Waals surface area contributed by atoms with Crippen molar-refractivity contribution in [1.82, 2.24) is 14.9 Å². The molecular weight excluding hydrogens is 314 g/mol. The largest absolute Gasteiger partial charge is 0.338 e. The van der Waals surface area contributed by atoms with E-state index in [1.807, 2.05) is 49.3 Å². The van der Waals surface area contributed by atoms with Gasteiger partial charge in [-0.1, -0.05) is 27.5 Å². The molecule has 0 amide bonds. The van der Waals surface area contributed by atoms with Crippen molar-refractivity contribution in [3.63, 3.8) is 0 Å². The zero-order chi connectivity index (χ0) is 13.1. The highest BCUT2D eigenvalue weighted by atomic mass is 79.9. The lowest BCUT2D eigenvalue weighted by atomic mass is 10.0. The molecule has 0 spiro atoms. The molecule has 5 heteroatoms. The maximum absolute atomic E-state index is 6.26. The summed E-state index contributed by atoms with van der Waals surface area (Å²) in [7, 11) is 3.93. The van der Waals surface area contributed by atoms with Crippen molar-refractivity contribution in [2.24, 2.45) is 7.05 Å². The van der Waals surface area contributed by atoms with E-state index in [-0.39, 0.29) is 6.04 Å². The normalized spacial score (nSPS) is 12.7. The van der Waals surface area contributed by atoms with Crippen molar-refractivity contribution < 1.29 is 0 Å². The first-order valence-corrected chi connectivity index (χ1v) is 6.87. The summed E-state index contributed by atoms with van der Waals surface area (Å²) in [5.74, 6) is 1.03. The van der Waals surface area contributed by atoms with Gasteiger partial charge in [0.05, 0.1) is 0 Å². The smallest absolute Gasteiger partial charge is 0.110 e. The monoisotopic (exact) mass is 327 g/mol. The van der Waals surface area contributed by atoms with Gasteiger partial charge in [0.1, 0.15) is 5.82 Å². The lowest BCUT2D eigenvalue weighted by Gasteiger charge is -2.18. The Hall–Kier alpha value is -0.840. The van der Waals surface area contributed by atoms with Gasteiger partial charge in [0.2, 0.25) is 0 Å². The van der Waals surface area contributed by atoms with Crippen LogP contribution in [-0.2, 0) is 13.5 Å². The van der Waals surface area contributed by atoms with Crippen molar-refractivity contribution >= 4 is 27.5 Å². The first-order chi connectivity index (χ1) is 8.61. The molecule has 0 saturated heterocycles. The quantitative estimate of drug-likeness (QED) is 0.933. The minimum atomic E-state index is 0.149. The standard InChI is InChI=1S/C13H15BrClN3/c1-16-12(8-13-17-5-6-18(13)2)10-7-9(14)3-4-11(10)15/h3-7,12,16H,8H2,1-2H3. The minimum absolute atomic E-state index is 0.149. The molecule has 0 bridgehead atoms. The lowest BCUT2D eigenvalue weighted by Crippen LogP contribution is -2.20. The van der Waals surface area contributed by atoms with Crippen LogP contribution in [0, 0.1) is 0 Å². The maximum atomic E-state index is 6.26. The van der Waals surface area contributed by atoms with Crippen molar-refractivity contribution in [2.45, 2.75) is 12.5 Å². The van der Waals surface area contributed by atoms with Gasteiger partial charge in [-0.2, -0.15) is 0 Å². The Morgan fingerprint density at radius 1 is 1.50 bits per heavy atom. The van der Waals surface area contributed by atoms with Crippen LogP contribution in [0.15, 0.2) is 35.1 Å². The highest BCUT2D eigenvalue weighted by molar-refractivity contribution is 9.10. The summed E-state index contributed by atoms with van der Waals surface area (Å²) in [4.78, 5) is 4.35. The fourth-order valence-corrected chi connectivity index (χ4v) is 2.55. The van der Waals surface area contributed by atoms with Crippen molar-refractivity contribution in [3.05, 3.63) is 51.5 Å². The van der Waals surface area contributed by atoms with Crippen LogP contribution < -0.4 is 5.32 Å². The third kappa shape index (κ3) is 2.94. The summed E-state index contributed by atoms with van der Waals surface area (Å²) in [6, 6.07) is 6.05. The summed E-state index contributed by atoms with van der Waals surface area (Å²) in [6.07, 6.45) is 4.56. The van der Waals surface area contributed by atoms with Gasteiger partial charge in [-0.25, -0.2) is 4.98 Å². The Kier molecular flexibility index (Phi) is 4.43. The molecule has 2 rings (SSSR count). The summed E-state index contributed by atoms with van der Waals surface area (Å²) in [5.41, 5.74) is 1.08. The van der Waals surface area contributed by atoms with Crippen LogP contribution in [0.2, 0.25) is 5.02 Å². The van der Waals surface area contributed by atoms with Gasteiger partial charge in [0.25, 0.3) is 0 Å². The van der Waals surface area contributed by atoms with E-state index < -0.39 is 0 Å². The Labute approximate surface area is 120 Å². The predicted octanol–water partition coefficient (Wildman–Crippen LogP) is 3.34. The highest BCUT2D eigenvalue weighted by Gasteiger charge is 2.16. The lowest BCUT2D eigenvalue weighted by molar-refractivity contribution is 0.563. The number of rotatable bonds is 4. The molecule has 0 aliphatic carbocycles. The number of halogens is 2. The topological polar surface area (TPSA) is 29.9 Å². The number of aromatic nitrogens is 2. The summed E-state index contributed by atoms with van der Waals surface area (Å²) >= 11 is 9.74. The van der Waals surface area contributed by atoms with E-state index in [2.05, 4.69) is 26.2 Å². The van der Waals surface area contributed by atoms with E-state index in [0.29, 0.717) is 0 Å². The highest BCUT2D eigenvalue weighted by Crippen LogP contribution is 2.28. The summed E-state index contributed by atoms with van der Waals surface area (Å²) in [5, 5.41) is 4.06. The summed E-state index contributed by atoms with van der Waals surface area (Å²) in [6.45, 7) is 0. The molecule has 1 unspecified atom stereocenters. The van der Waals surface area contributed by atoms with Crippen LogP contribution in [0.25, 0.3) is 0 Å². The van der Waals surface area contributed by atoms with E-state index in [0.717, 1.165) is 27.3 Å². The van der Waals surface area contributed by atoms with E-state index in [4.69, 9.17) is 11.6 Å². The Bertz CT molecular complexity index is 539. The second-order valence-electron chi connectivity index (χ2n) is 4.17. The average molecular weight is 329 g/mol. The zero-order valence-electron chi connectivity index (χ0n) is 10.3. The molecule has 18 heavy (non-hydrogen) atoms. The number of aryl methyl sites for hydroxylation is 1. The van der Waals surface area contributed by atoms with Crippen molar-refractivity contribution in [2.75, 3.05) is 7.05 Å². The van der Waals surface area contributed by atoms with Crippen LogP contribution >= 0.6 is 27.5 Å². The molecule has 0 radical (unpaired) electrons. The number of nitrogens with zero attached hydrogens (tertiary/aromatic N) is 2. The predicted molar refractivity (Wildman–Crippen MR) is 77.9 cm³/mol. The fraction of sp³-hybridized carbons (Fsp3) is 0.308. The van der Waals surface area contributed by atoms with Crippen LogP contribution in [0.3, 0.4) is 0 Å². The molecule has 1 heterocycles. The molecule has 1 N–H and O–H groups in total. The van der Waals surface area contributed by atoms with Crippen LogP contribution in [0.1, 0.15) is 17.4 Å². The molecule has 1 aromatic carbocycles. The van der Waals surface area contributed by atoms with Crippen LogP contribution in [0.5, 0.6) is 0 Å². The number of hydrogen-bond donors (Lipinski definition) is 1. The molecule has 3 nitrogen and oxygen atoms in total. The molecule has 96 valence electrons. The van der Waals surface area contributed by atoms with E-state index in [1.165, 1.54) is 0 Å². The Morgan fingerprint density at radius 2 is 2.28 bits per heavy atom. The van der Waals surface area contributed by atoms with E-state index in [9.17, 15) is 0 Å². The van der Waals surface area contributed by atoms with Crippen molar-refractivity contribution in [3.8, 4) is 0 Å². The molecule has 1 aromatic heterocycles. The first kappa shape index (κ1) is 13.6. The van der Waals surface area contributed by atoms with Gasteiger partial charge in [-0.15, -0.1) is 0 Å². The van der Waals surface area contributed by atoms with Crippen LogP contribution in [-0.4, -0.2) is 16.6 Å². The number of hydrogen-bond acceptors (Lipinski definition) is 2. The second kappa shape index (κ2) is 5.87. The maximum Gasteiger partial charge on any atom is 0.110 e. The SMILES string of the molecule is CNC(Cc1nccn1C)c1cc(Br)ccc1Cl. The second-order valence-corrected chi connectivity index (χ2v) is 5.49. The molecule has 0 saturated carbocycles. The van der Waals surface area contributed by atoms with E-state index in [1.54, 1.807) is 0 Å². The third-order valence-electron chi connectivity index (χ3n) is 2.99. The van der Waals surface area contributed by atoms with Gasteiger partial charge in [0.15, 0.2) is 0 Å².